The van der Waals surface area contributed by atoms with Crippen LogP contribution in [0.2, 0.25) is 0 Å². The molecule has 2 aromatic rings. The predicted molar refractivity (Wildman–Crippen MR) is 78.1 cm³/mol. The van der Waals surface area contributed by atoms with Crippen LogP contribution in [0.4, 0.5) is 5.69 Å². The van der Waals surface area contributed by atoms with Gasteiger partial charge in [-0.25, -0.2) is 9.78 Å². The molecular weight excluding hydrogens is 272 g/mol. The second-order valence-electron chi connectivity index (χ2n) is 4.28. The Balaban J connectivity index is 2.09. The lowest BCUT2D eigenvalue weighted by atomic mass is 10.2. The van der Waals surface area contributed by atoms with Gasteiger partial charge in [0.15, 0.2) is 11.5 Å². The zero-order valence-electron chi connectivity index (χ0n) is 11.8. The molecule has 6 nitrogen and oxygen atoms in total. The monoisotopic (exact) mass is 288 g/mol. The lowest BCUT2D eigenvalue weighted by Gasteiger charge is -2.11. The Morgan fingerprint density at radius 2 is 1.95 bits per heavy atom. The summed E-state index contributed by atoms with van der Waals surface area (Å²) < 4.78 is 10.4. The minimum Gasteiger partial charge on any atom is -0.493 e. The fourth-order valence-electron chi connectivity index (χ4n) is 1.85. The third-order valence-electron chi connectivity index (χ3n) is 2.92. The highest BCUT2D eigenvalue weighted by molar-refractivity contribution is 5.86. The number of hydrogen-bond acceptors (Lipinski definition) is 5. The molecule has 6 heteroatoms. The fourth-order valence-corrected chi connectivity index (χ4v) is 1.85. The van der Waals surface area contributed by atoms with E-state index in [-0.39, 0.29) is 5.69 Å². The van der Waals surface area contributed by atoms with Crippen molar-refractivity contribution in [2.45, 2.75) is 6.54 Å². The first-order valence-electron chi connectivity index (χ1n) is 6.28. The first kappa shape index (κ1) is 14.6. The fraction of sp³-hybridized carbons (Fsp3) is 0.200. The molecule has 0 saturated heterocycles. The highest BCUT2D eigenvalue weighted by atomic mass is 16.5. The van der Waals surface area contributed by atoms with Gasteiger partial charge in [0, 0.05) is 18.4 Å². The molecule has 1 aromatic heterocycles. The number of nitrogens with one attached hydrogen (secondary N) is 1. The highest BCUT2D eigenvalue weighted by Gasteiger charge is 2.06. The second kappa shape index (κ2) is 6.60. The van der Waals surface area contributed by atoms with Crippen LogP contribution in [0, 0.1) is 0 Å². The topological polar surface area (TPSA) is 80.7 Å². The van der Waals surface area contributed by atoms with Crippen LogP contribution in [-0.2, 0) is 6.54 Å². The predicted octanol–water partition coefficient (Wildman–Crippen LogP) is 2.41. The van der Waals surface area contributed by atoms with Crippen LogP contribution in [-0.4, -0.2) is 30.3 Å². The van der Waals surface area contributed by atoms with Gasteiger partial charge in [0.25, 0.3) is 0 Å². The quantitative estimate of drug-likeness (QED) is 0.849. The minimum atomic E-state index is -1.05. The van der Waals surface area contributed by atoms with E-state index in [2.05, 4.69) is 10.3 Å². The molecule has 0 bridgehead atoms. The van der Waals surface area contributed by atoms with Gasteiger partial charge in [0.1, 0.15) is 5.69 Å². The zero-order chi connectivity index (χ0) is 15.2. The summed E-state index contributed by atoms with van der Waals surface area (Å²) in [6.07, 6.45) is 1.46. The molecule has 0 saturated carbocycles. The molecule has 0 aliphatic carbocycles. The largest absolute Gasteiger partial charge is 0.493 e. The Labute approximate surface area is 122 Å². The van der Waals surface area contributed by atoms with E-state index in [0.29, 0.717) is 23.7 Å². The first-order chi connectivity index (χ1) is 10.1. The number of carboxylic acid groups (broad SMARTS) is 1. The molecule has 2 N–H and O–H groups in total. The average Bonchev–Trinajstić information content (AvgIpc) is 2.52. The van der Waals surface area contributed by atoms with Gasteiger partial charge in [-0.3, -0.25) is 0 Å². The zero-order valence-corrected chi connectivity index (χ0v) is 11.8. The number of carboxylic acids is 1. The molecule has 1 aromatic carbocycles. The Morgan fingerprint density at radius 1 is 1.19 bits per heavy atom. The maximum absolute atomic E-state index is 10.9. The van der Waals surface area contributed by atoms with Gasteiger partial charge in [0.2, 0.25) is 0 Å². The van der Waals surface area contributed by atoms with Crippen LogP contribution in [0.5, 0.6) is 11.5 Å². The van der Waals surface area contributed by atoms with Gasteiger partial charge in [-0.05, 0) is 29.8 Å². The Kier molecular flexibility index (Phi) is 4.61. The summed E-state index contributed by atoms with van der Waals surface area (Å²) in [5, 5.41) is 12.0. The van der Waals surface area contributed by atoms with Crippen LogP contribution < -0.4 is 14.8 Å². The van der Waals surface area contributed by atoms with Gasteiger partial charge in [-0.15, -0.1) is 0 Å². The van der Waals surface area contributed by atoms with E-state index in [0.717, 1.165) is 5.56 Å². The van der Waals surface area contributed by atoms with E-state index in [4.69, 9.17) is 14.6 Å². The number of ether oxygens (including phenoxy) is 2. The molecule has 0 radical (unpaired) electrons. The van der Waals surface area contributed by atoms with E-state index in [9.17, 15) is 4.79 Å². The number of aromatic carboxylic acids is 1. The normalized spacial score (nSPS) is 10.0. The number of methoxy groups -OCH3 is 2. The Hall–Kier alpha value is -2.76. The van der Waals surface area contributed by atoms with Gasteiger partial charge in [-0.1, -0.05) is 6.07 Å². The smallest absolute Gasteiger partial charge is 0.354 e. The average molecular weight is 288 g/mol. The van der Waals surface area contributed by atoms with Crippen molar-refractivity contribution in [2.24, 2.45) is 0 Å². The van der Waals surface area contributed by atoms with E-state index in [1.807, 2.05) is 18.2 Å². The lowest BCUT2D eigenvalue weighted by Crippen LogP contribution is -2.04. The van der Waals surface area contributed by atoms with Crippen molar-refractivity contribution in [2.75, 3.05) is 19.5 Å². The van der Waals surface area contributed by atoms with E-state index in [1.165, 1.54) is 12.3 Å². The van der Waals surface area contributed by atoms with Crippen molar-refractivity contribution >= 4 is 11.7 Å². The van der Waals surface area contributed by atoms with Gasteiger partial charge >= 0.3 is 5.97 Å². The number of pyridine rings is 1. The highest BCUT2D eigenvalue weighted by Crippen LogP contribution is 2.27. The number of carbonyl (C=O) groups is 1. The van der Waals surface area contributed by atoms with Crippen LogP contribution in [0.1, 0.15) is 16.1 Å². The second-order valence-corrected chi connectivity index (χ2v) is 4.28. The molecule has 2 rings (SSSR count). The molecular formula is C15H16N2O4. The molecule has 0 amide bonds. The van der Waals surface area contributed by atoms with Crippen LogP contribution in [0.15, 0.2) is 36.5 Å². The van der Waals surface area contributed by atoms with Crippen molar-refractivity contribution in [1.82, 2.24) is 4.98 Å². The van der Waals surface area contributed by atoms with Crippen molar-refractivity contribution in [3.05, 3.63) is 47.8 Å². The number of nitrogens with zero attached hydrogens (tertiary/aromatic N) is 1. The molecule has 0 fully saturated rings. The van der Waals surface area contributed by atoms with Gasteiger partial charge < -0.3 is 19.9 Å². The standard InChI is InChI=1S/C15H16N2O4/c1-20-13-4-3-10(7-14(13)21-2)9-17-11-5-6-16-12(8-11)15(18)19/h3-8H,9H2,1-2H3,(H,16,17)(H,18,19). The van der Waals surface area contributed by atoms with Crippen molar-refractivity contribution in [1.29, 1.82) is 0 Å². The SMILES string of the molecule is COc1ccc(CNc2ccnc(C(=O)O)c2)cc1OC. The molecule has 0 aliphatic heterocycles. The number of anilines is 1. The van der Waals surface area contributed by atoms with E-state index >= 15 is 0 Å². The van der Waals surface area contributed by atoms with Crippen LogP contribution in [0.3, 0.4) is 0 Å². The summed E-state index contributed by atoms with van der Waals surface area (Å²) >= 11 is 0. The maximum Gasteiger partial charge on any atom is 0.354 e. The summed E-state index contributed by atoms with van der Waals surface area (Å²) in [7, 11) is 3.16. The minimum absolute atomic E-state index is 0.00677. The van der Waals surface area contributed by atoms with Crippen LogP contribution >= 0.6 is 0 Å². The molecule has 0 spiro atoms. The maximum atomic E-state index is 10.9. The summed E-state index contributed by atoms with van der Waals surface area (Å²) in [5.74, 6) is 0.265. The number of hydrogen-bond donors (Lipinski definition) is 2. The molecule has 110 valence electrons. The molecule has 0 atom stereocenters. The lowest BCUT2D eigenvalue weighted by molar-refractivity contribution is 0.0690. The first-order valence-corrected chi connectivity index (χ1v) is 6.28. The molecule has 1 heterocycles. The van der Waals surface area contributed by atoms with Crippen molar-refractivity contribution < 1.29 is 19.4 Å². The number of rotatable bonds is 6. The summed E-state index contributed by atoms with van der Waals surface area (Å²) in [6, 6.07) is 8.81. The Morgan fingerprint density at radius 3 is 2.62 bits per heavy atom. The Bertz CT molecular complexity index is 643. The summed E-state index contributed by atoms with van der Waals surface area (Å²) in [6.45, 7) is 0.531. The van der Waals surface area contributed by atoms with Gasteiger partial charge in [0.05, 0.1) is 14.2 Å². The number of aromatic nitrogens is 1. The summed E-state index contributed by atoms with van der Waals surface area (Å²) in [4.78, 5) is 14.6. The molecule has 21 heavy (non-hydrogen) atoms. The van der Waals surface area contributed by atoms with Crippen molar-refractivity contribution in [3.8, 4) is 11.5 Å². The third kappa shape index (κ3) is 3.62. The van der Waals surface area contributed by atoms with Crippen molar-refractivity contribution in [3.63, 3.8) is 0 Å². The molecule has 0 aliphatic rings. The number of benzene rings is 1. The van der Waals surface area contributed by atoms with E-state index < -0.39 is 5.97 Å². The van der Waals surface area contributed by atoms with E-state index in [1.54, 1.807) is 20.3 Å². The molecule has 0 unspecified atom stereocenters. The summed E-state index contributed by atoms with van der Waals surface area (Å²) in [5.41, 5.74) is 1.69. The third-order valence-corrected chi connectivity index (χ3v) is 2.92. The van der Waals surface area contributed by atoms with Crippen LogP contribution in [0.25, 0.3) is 0 Å². The van der Waals surface area contributed by atoms with Gasteiger partial charge in [-0.2, -0.15) is 0 Å².